The van der Waals surface area contributed by atoms with Crippen LogP contribution in [0.15, 0.2) is 124 Å². The molecule has 64 heavy (non-hydrogen) atoms. The van der Waals surface area contributed by atoms with Gasteiger partial charge in [-0.1, -0.05) is 73.5 Å². The Balaban J connectivity index is 1.43. The topological polar surface area (TPSA) is 140 Å². The fourth-order valence-electron chi connectivity index (χ4n) is 9.82. The summed E-state index contributed by atoms with van der Waals surface area (Å²) >= 11 is 1.74. The van der Waals surface area contributed by atoms with Crippen LogP contribution in [0.3, 0.4) is 0 Å². The van der Waals surface area contributed by atoms with E-state index in [1.54, 1.807) is 46.5 Å². The summed E-state index contributed by atoms with van der Waals surface area (Å²) in [6.07, 6.45) is 10.8. The molecular weight excluding hydrogens is 847 g/mol. The zero-order chi connectivity index (χ0) is 45.3. The van der Waals surface area contributed by atoms with Crippen LogP contribution >= 0.6 is 11.8 Å². The average Bonchev–Trinajstić information content (AvgIpc) is 3.29. The molecule has 1 fully saturated rings. The van der Waals surface area contributed by atoms with Gasteiger partial charge in [-0.2, -0.15) is 4.31 Å². The molecule has 0 radical (unpaired) electrons. The third-order valence-corrected chi connectivity index (χ3v) is 15.3. The number of unbranched alkanes of at least 4 members (excludes halogenated alkanes) is 2. The molecule has 2 heterocycles. The molecule has 1 aliphatic heterocycles. The SMILES string of the molecule is C=CCOC12Oc3ccc(OCCSc4ccccc4)cc3C3C(CCCCO)C(CCCCO)C=C(C(=NOC(C)(C)C)CC1N(CCC)S(=O)(=O)c1cccc4cccnc14)C32. The summed E-state index contributed by atoms with van der Waals surface area (Å²) < 4.78 is 53.7. The standard InChI is InChI=1S/C51H65N3O8S2/c1-6-27-54(64(57,58)45-23-15-18-36-19-16-26-52-49(36)45)46-35-43(53-62-50(3,4)5)41-33-37(17-11-13-28-55)40(22-12-14-29-56)47-42-34-38(59-31-32-63-39-20-9-8-10-21-39)24-25-44(42)61-51(46,48(41)47)60-30-7-2/h7-10,15-16,18-21,23-26,33-34,37,40,46-48,55-56H,2,6,11-14,17,22,27-32,35H2,1,3-5H3. The highest BCUT2D eigenvalue weighted by Gasteiger charge is 2.66. The highest BCUT2D eigenvalue weighted by atomic mass is 32.2. The summed E-state index contributed by atoms with van der Waals surface area (Å²) in [5.41, 5.74) is 2.28. The zero-order valence-electron chi connectivity index (χ0n) is 37.7. The molecule has 7 rings (SSSR count). The van der Waals surface area contributed by atoms with Gasteiger partial charge in [0.1, 0.15) is 22.0 Å². The number of benzene rings is 3. The van der Waals surface area contributed by atoms with Crippen molar-refractivity contribution in [3.63, 3.8) is 0 Å². The van der Waals surface area contributed by atoms with E-state index in [2.05, 4.69) is 35.8 Å². The van der Waals surface area contributed by atoms with Crippen molar-refractivity contribution in [2.24, 2.45) is 22.9 Å². The third-order valence-electron chi connectivity index (χ3n) is 12.4. The number of sulfonamides is 1. The van der Waals surface area contributed by atoms with Gasteiger partial charge in [-0.05, 0) is 113 Å². The minimum absolute atomic E-state index is 0.0271. The van der Waals surface area contributed by atoms with Crippen molar-refractivity contribution in [1.82, 2.24) is 9.29 Å². The minimum atomic E-state index is -4.27. The summed E-state index contributed by atoms with van der Waals surface area (Å²) in [7, 11) is -4.27. The van der Waals surface area contributed by atoms with Crippen molar-refractivity contribution in [2.75, 3.05) is 38.7 Å². The number of nitrogens with zero attached hydrogens (tertiary/aromatic N) is 3. The first-order valence-electron chi connectivity index (χ1n) is 22.9. The maximum atomic E-state index is 15.5. The van der Waals surface area contributed by atoms with Gasteiger partial charge < -0.3 is 29.3 Å². The fourth-order valence-corrected chi connectivity index (χ4v) is 12.5. The third kappa shape index (κ3) is 10.4. The molecule has 11 nitrogen and oxygen atoms in total. The Bertz CT molecular complexity index is 2360. The summed E-state index contributed by atoms with van der Waals surface area (Å²) in [4.78, 5) is 12.1. The predicted molar refractivity (Wildman–Crippen MR) is 254 cm³/mol. The second-order valence-electron chi connectivity index (χ2n) is 17.9. The van der Waals surface area contributed by atoms with Crippen LogP contribution in [-0.2, 0) is 19.6 Å². The molecule has 1 saturated carbocycles. The van der Waals surface area contributed by atoms with Crippen LogP contribution in [0.5, 0.6) is 11.5 Å². The van der Waals surface area contributed by atoms with Crippen LogP contribution < -0.4 is 9.47 Å². The first-order valence-corrected chi connectivity index (χ1v) is 25.3. The van der Waals surface area contributed by atoms with E-state index in [1.165, 1.54) is 4.90 Å². The molecule has 0 saturated heterocycles. The predicted octanol–water partition coefficient (Wildman–Crippen LogP) is 9.94. The van der Waals surface area contributed by atoms with Gasteiger partial charge in [0.05, 0.1) is 36.4 Å². The fraction of sp³-hybridized carbons (Fsp3) is 0.490. The van der Waals surface area contributed by atoms with Crippen molar-refractivity contribution < 1.29 is 37.7 Å². The average molecular weight is 912 g/mol. The number of rotatable bonds is 22. The highest BCUT2D eigenvalue weighted by molar-refractivity contribution is 7.99. The van der Waals surface area contributed by atoms with Crippen molar-refractivity contribution in [2.45, 2.75) is 112 Å². The Kier molecular flexibility index (Phi) is 15.9. The molecule has 3 aromatic carbocycles. The van der Waals surface area contributed by atoms with Crippen LogP contribution in [0, 0.1) is 17.8 Å². The summed E-state index contributed by atoms with van der Waals surface area (Å²) in [6, 6.07) is 24.3. The molecule has 13 heteroatoms. The number of fused-ring (bicyclic) bond motifs is 3. The van der Waals surface area contributed by atoms with Gasteiger partial charge in [0.25, 0.3) is 0 Å². The maximum Gasteiger partial charge on any atom is 0.245 e. The van der Waals surface area contributed by atoms with Crippen molar-refractivity contribution in [1.29, 1.82) is 0 Å². The van der Waals surface area contributed by atoms with Gasteiger partial charge in [-0.3, -0.25) is 4.98 Å². The van der Waals surface area contributed by atoms with Gasteiger partial charge in [0, 0.05) is 59.9 Å². The first-order chi connectivity index (χ1) is 31.0. The molecule has 0 spiro atoms. The van der Waals surface area contributed by atoms with E-state index >= 15 is 8.42 Å². The number of para-hydroxylation sites is 1. The smallest absolute Gasteiger partial charge is 0.245 e. The van der Waals surface area contributed by atoms with E-state index in [9.17, 15) is 10.2 Å². The highest BCUT2D eigenvalue weighted by Crippen LogP contribution is 2.62. The summed E-state index contributed by atoms with van der Waals surface area (Å²) in [6.45, 7) is 12.8. The molecule has 0 amide bonds. The lowest BCUT2D eigenvalue weighted by Crippen LogP contribution is -2.70. The van der Waals surface area contributed by atoms with Gasteiger partial charge in [-0.15, -0.1) is 18.3 Å². The molecule has 0 bridgehead atoms. The van der Waals surface area contributed by atoms with E-state index in [4.69, 9.17) is 24.2 Å². The lowest BCUT2D eigenvalue weighted by Gasteiger charge is -2.59. The zero-order valence-corrected chi connectivity index (χ0v) is 39.4. The van der Waals surface area contributed by atoms with E-state index in [0.29, 0.717) is 48.6 Å². The van der Waals surface area contributed by atoms with E-state index in [0.717, 1.165) is 48.0 Å². The number of hydrogen-bond donors (Lipinski definition) is 2. The van der Waals surface area contributed by atoms with E-state index in [1.807, 2.05) is 70.2 Å². The number of pyridine rings is 1. The quantitative estimate of drug-likeness (QED) is 0.0339. The van der Waals surface area contributed by atoms with Gasteiger partial charge in [0.15, 0.2) is 0 Å². The minimum Gasteiger partial charge on any atom is -0.493 e. The van der Waals surface area contributed by atoms with Gasteiger partial charge in [-0.25, -0.2) is 8.42 Å². The number of aliphatic hydroxyl groups excluding tert-OH is 2. The Morgan fingerprint density at radius 2 is 1.77 bits per heavy atom. The molecular formula is C51H65N3O8S2. The number of aromatic nitrogens is 1. The first kappa shape index (κ1) is 47.7. The van der Waals surface area contributed by atoms with Crippen LogP contribution in [-0.4, -0.2) is 89.8 Å². The normalized spacial score (nSPS) is 23.6. The molecule has 2 aliphatic carbocycles. The molecule has 1 aromatic heterocycles. The van der Waals surface area contributed by atoms with Crippen LogP contribution in [0.1, 0.15) is 90.5 Å². The number of aliphatic hydroxyl groups is 2. The maximum absolute atomic E-state index is 15.5. The van der Waals surface area contributed by atoms with Crippen molar-refractivity contribution in [3.05, 3.63) is 115 Å². The lowest BCUT2D eigenvalue weighted by molar-refractivity contribution is -0.251. The second-order valence-corrected chi connectivity index (χ2v) is 21.0. The number of oxime groups is 1. The Hall–Kier alpha value is -4.24. The molecule has 3 aliphatic rings. The van der Waals surface area contributed by atoms with Crippen molar-refractivity contribution >= 4 is 38.4 Å². The number of hydrogen-bond acceptors (Lipinski definition) is 11. The summed E-state index contributed by atoms with van der Waals surface area (Å²) in [5, 5.41) is 25.6. The van der Waals surface area contributed by atoms with Crippen LogP contribution in [0.25, 0.3) is 10.9 Å². The monoisotopic (exact) mass is 911 g/mol. The van der Waals surface area contributed by atoms with Crippen LogP contribution in [0.2, 0.25) is 0 Å². The lowest BCUT2D eigenvalue weighted by atomic mass is 9.55. The number of thioether (sulfide) groups is 1. The van der Waals surface area contributed by atoms with Gasteiger partial charge in [0.2, 0.25) is 15.8 Å². The van der Waals surface area contributed by atoms with Gasteiger partial charge >= 0.3 is 0 Å². The largest absolute Gasteiger partial charge is 0.493 e. The Labute approximate surface area is 384 Å². The Morgan fingerprint density at radius 3 is 2.50 bits per heavy atom. The van der Waals surface area contributed by atoms with Crippen LogP contribution in [0.4, 0.5) is 0 Å². The van der Waals surface area contributed by atoms with E-state index < -0.39 is 33.4 Å². The van der Waals surface area contributed by atoms with E-state index in [-0.39, 0.29) is 55.4 Å². The number of ether oxygens (including phenoxy) is 3. The molecule has 6 atom stereocenters. The molecule has 4 aromatic rings. The summed E-state index contributed by atoms with van der Waals surface area (Å²) in [5.74, 6) is -0.165. The molecule has 2 N–H and O–H groups in total. The van der Waals surface area contributed by atoms with Crippen molar-refractivity contribution in [3.8, 4) is 11.5 Å². The number of allylic oxidation sites excluding steroid dienone is 1. The Morgan fingerprint density at radius 1 is 1.00 bits per heavy atom. The molecule has 6 unspecified atom stereocenters. The second kappa shape index (κ2) is 21.4. The molecule has 344 valence electrons.